The summed E-state index contributed by atoms with van der Waals surface area (Å²) in [6.45, 7) is 2.43. The van der Waals surface area contributed by atoms with Crippen molar-refractivity contribution in [2.75, 3.05) is 7.05 Å². The van der Waals surface area contributed by atoms with Gasteiger partial charge in [0.25, 0.3) is 5.91 Å². The van der Waals surface area contributed by atoms with Crippen molar-refractivity contribution in [3.8, 4) is 0 Å². The second-order valence-corrected chi connectivity index (χ2v) is 9.12. The number of benzene rings is 1. The van der Waals surface area contributed by atoms with Crippen molar-refractivity contribution in [2.24, 2.45) is 5.41 Å². The van der Waals surface area contributed by atoms with Crippen molar-refractivity contribution in [3.63, 3.8) is 0 Å². The number of piperidine rings is 1. The van der Waals surface area contributed by atoms with Crippen LogP contribution in [0.25, 0.3) is 0 Å². The Labute approximate surface area is 167 Å². The van der Waals surface area contributed by atoms with Crippen LogP contribution in [0.1, 0.15) is 48.5 Å². The molecule has 2 bridgehead atoms. The van der Waals surface area contributed by atoms with Crippen LogP contribution in [-0.4, -0.2) is 51.9 Å². The number of amides is 1. The Morgan fingerprint density at radius 3 is 2.68 bits per heavy atom. The Kier molecular flexibility index (Phi) is 4.27. The zero-order valence-corrected chi connectivity index (χ0v) is 16.8. The van der Waals surface area contributed by atoms with Crippen molar-refractivity contribution >= 4 is 5.91 Å². The van der Waals surface area contributed by atoms with E-state index in [1.165, 1.54) is 24.8 Å². The highest BCUT2D eigenvalue weighted by Gasteiger charge is 2.62. The van der Waals surface area contributed by atoms with E-state index in [9.17, 15) is 4.79 Å². The van der Waals surface area contributed by atoms with Gasteiger partial charge in [-0.1, -0.05) is 37.3 Å². The first-order valence-corrected chi connectivity index (χ1v) is 10.6. The average Bonchev–Trinajstić information content (AvgIpc) is 3.00. The van der Waals surface area contributed by atoms with E-state index in [-0.39, 0.29) is 17.4 Å². The summed E-state index contributed by atoms with van der Waals surface area (Å²) in [5.41, 5.74) is 2.23. The molecule has 3 aliphatic rings. The van der Waals surface area contributed by atoms with E-state index < -0.39 is 0 Å². The molecular weight excluding hydrogens is 346 g/mol. The fourth-order valence-electron chi connectivity index (χ4n) is 6.45. The third kappa shape index (κ3) is 2.61. The van der Waals surface area contributed by atoms with E-state index in [1.807, 2.05) is 12.1 Å². The summed E-state index contributed by atoms with van der Waals surface area (Å²) in [7, 11) is 2.29. The van der Waals surface area contributed by atoms with Gasteiger partial charge in [-0.3, -0.25) is 14.7 Å². The molecule has 1 amide bonds. The third-order valence-corrected chi connectivity index (χ3v) is 7.71. The summed E-state index contributed by atoms with van der Waals surface area (Å²) >= 11 is 0. The molecular formula is C24H29N3O. The van der Waals surface area contributed by atoms with Crippen LogP contribution in [0.3, 0.4) is 0 Å². The van der Waals surface area contributed by atoms with Gasteiger partial charge in [-0.15, -0.1) is 0 Å². The van der Waals surface area contributed by atoms with E-state index in [1.54, 1.807) is 12.4 Å². The van der Waals surface area contributed by atoms with Gasteiger partial charge < -0.3 is 4.90 Å². The SMILES string of the molecule is CN1[C@H]2CCC[C@H]3N(C(=O)c4cccnc4)[C@H](Cc4ccccc4)[C@@H]1C[C@@]23C. The molecule has 1 saturated carbocycles. The van der Waals surface area contributed by atoms with Crippen molar-refractivity contribution < 1.29 is 4.79 Å². The second kappa shape index (κ2) is 6.70. The molecule has 5 rings (SSSR count). The summed E-state index contributed by atoms with van der Waals surface area (Å²) in [5.74, 6) is 0.158. The summed E-state index contributed by atoms with van der Waals surface area (Å²) in [5, 5.41) is 0. The Hall–Kier alpha value is -2.20. The summed E-state index contributed by atoms with van der Waals surface area (Å²) in [6.07, 6.45) is 9.16. The van der Waals surface area contributed by atoms with Gasteiger partial charge in [0.2, 0.25) is 0 Å². The van der Waals surface area contributed by atoms with E-state index in [2.05, 4.69) is 59.1 Å². The minimum Gasteiger partial charge on any atom is -0.330 e. The highest BCUT2D eigenvalue weighted by atomic mass is 16.2. The topological polar surface area (TPSA) is 36.4 Å². The highest BCUT2D eigenvalue weighted by Crippen LogP contribution is 2.56. The molecule has 1 aromatic carbocycles. The number of carbonyl (C=O) groups excluding carboxylic acids is 1. The molecule has 2 aliphatic heterocycles. The van der Waals surface area contributed by atoms with Crippen LogP contribution < -0.4 is 0 Å². The van der Waals surface area contributed by atoms with Crippen LogP contribution >= 0.6 is 0 Å². The van der Waals surface area contributed by atoms with Crippen LogP contribution in [0.4, 0.5) is 0 Å². The largest absolute Gasteiger partial charge is 0.330 e. The summed E-state index contributed by atoms with van der Waals surface area (Å²) in [6, 6.07) is 16.0. The fraction of sp³-hybridized carbons (Fsp3) is 0.500. The predicted octanol–water partition coefficient (Wildman–Crippen LogP) is 3.78. The zero-order valence-electron chi connectivity index (χ0n) is 16.8. The monoisotopic (exact) mass is 375 g/mol. The van der Waals surface area contributed by atoms with Crippen molar-refractivity contribution in [1.29, 1.82) is 0 Å². The number of aromatic nitrogens is 1. The quantitative estimate of drug-likeness (QED) is 0.819. The fourth-order valence-corrected chi connectivity index (χ4v) is 6.45. The molecule has 1 aromatic heterocycles. The van der Waals surface area contributed by atoms with E-state index in [0.29, 0.717) is 18.1 Å². The smallest absolute Gasteiger partial charge is 0.256 e. The van der Waals surface area contributed by atoms with Crippen molar-refractivity contribution in [3.05, 3.63) is 66.0 Å². The Balaban J connectivity index is 1.58. The van der Waals surface area contributed by atoms with Crippen LogP contribution in [0.2, 0.25) is 0 Å². The van der Waals surface area contributed by atoms with Gasteiger partial charge in [-0.2, -0.15) is 0 Å². The van der Waals surface area contributed by atoms with Crippen LogP contribution in [0, 0.1) is 5.41 Å². The van der Waals surface area contributed by atoms with Crippen molar-refractivity contribution in [1.82, 2.24) is 14.8 Å². The maximum atomic E-state index is 13.7. The molecule has 3 fully saturated rings. The standard InChI is InChI=1S/C24H29N3O/c1-24-15-20-19(14-17-8-4-3-5-9-17)27(23(28)18-10-7-13-25-16-18)22(24)12-6-11-21(24)26(20)2/h3-5,7-10,13,16,19-22H,6,11-12,14-15H2,1-2H3/t19-,20+,21+,22-,24+/m1/s1. The zero-order chi connectivity index (χ0) is 19.3. The van der Waals surface area contributed by atoms with E-state index in [0.717, 1.165) is 18.4 Å². The Morgan fingerprint density at radius 1 is 1.14 bits per heavy atom. The van der Waals surface area contributed by atoms with Gasteiger partial charge in [-0.25, -0.2) is 0 Å². The molecule has 3 heterocycles. The molecule has 0 N–H and O–H groups in total. The van der Waals surface area contributed by atoms with Gasteiger partial charge >= 0.3 is 0 Å². The lowest BCUT2D eigenvalue weighted by Crippen LogP contribution is -2.62. The molecule has 0 spiro atoms. The van der Waals surface area contributed by atoms with E-state index >= 15 is 0 Å². The Morgan fingerprint density at radius 2 is 1.93 bits per heavy atom. The molecule has 4 heteroatoms. The lowest BCUT2D eigenvalue weighted by atomic mass is 9.64. The maximum Gasteiger partial charge on any atom is 0.256 e. The molecule has 0 radical (unpaired) electrons. The van der Waals surface area contributed by atoms with Crippen molar-refractivity contribution in [2.45, 2.75) is 63.2 Å². The number of likely N-dealkylation sites (N-methyl/N-ethyl adjacent to an activating group) is 1. The molecule has 0 unspecified atom stereocenters. The lowest BCUT2D eigenvalue weighted by molar-refractivity contribution is -0.0111. The van der Waals surface area contributed by atoms with Gasteiger partial charge in [0, 0.05) is 35.9 Å². The average molecular weight is 376 g/mol. The molecule has 5 atom stereocenters. The number of hydrogen-bond acceptors (Lipinski definition) is 3. The number of nitrogens with zero attached hydrogens (tertiary/aromatic N) is 3. The summed E-state index contributed by atoms with van der Waals surface area (Å²) < 4.78 is 0. The molecule has 1 aliphatic carbocycles. The number of fused-ring (bicyclic) bond motifs is 1. The predicted molar refractivity (Wildman–Crippen MR) is 110 cm³/mol. The first kappa shape index (κ1) is 17.9. The van der Waals surface area contributed by atoms with Crippen LogP contribution in [0.15, 0.2) is 54.9 Å². The van der Waals surface area contributed by atoms with E-state index in [4.69, 9.17) is 0 Å². The number of pyridine rings is 1. The Bertz CT molecular complexity index is 855. The molecule has 146 valence electrons. The van der Waals surface area contributed by atoms with Gasteiger partial charge in [0.15, 0.2) is 0 Å². The van der Waals surface area contributed by atoms with Crippen LogP contribution in [0.5, 0.6) is 0 Å². The number of carbonyl (C=O) groups is 1. The summed E-state index contributed by atoms with van der Waals surface area (Å²) in [4.78, 5) is 22.8. The molecule has 4 nitrogen and oxygen atoms in total. The number of rotatable bonds is 3. The maximum absolute atomic E-state index is 13.7. The second-order valence-electron chi connectivity index (χ2n) is 9.12. The highest BCUT2D eigenvalue weighted by molar-refractivity contribution is 5.94. The number of hydrogen-bond donors (Lipinski definition) is 0. The molecule has 2 aromatic rings. The van der Waals surface area contributed by atoms with Gasteiger partial charge in [-0.05, 0) is 56.8 Å². The normalized spacial score (nSPS) is 34.4. The first-order chi connectivity index (χ1) is 13.6. The minimum absolute atomic E-state index is 0.158. The van der Waals surface area contributed by atoms with Gasteiger partial charge in [0.05, 0.1) is 11.6 Å². The lowest BCUT2D eigenvalue weighted by Gasteiger charge is -2.53. The molecule has 28 heavy (non-hydrogen) atoms. The third-order valence-electron chi connectivity index (χ3n) is 7.71. The minimum atomic E-state index is 0.158. The molecule has 2 saturated heterocycles. The van der Waals surface area contributed by atoms with Gasteiger partial charge in [0.1, 0.15) is 0 Å². The van der Waals surface area contributed by atoms with Crippen LogP contribution in [-0.2, 0) is 6.42 Å². The number of likely N-dealkylation sites (tertiary alicyclic amines) is 2. The first-order valence-electron chi connectivity index (χ1n) is 10.6.